The van der Waals surface area contributed by atoms with Crippen molar-refractivity contribution in [2.24, 2.45) is 34.0 Å². The summed E-state index contributed by atoms with van der Waals surface area (Å²) in [5.41, 5.74) is 2.03. The number of Topliss-reactive ketones (excluding diaryl/α,β-unsaturated/α-hetero) is 1. The fraction of sp³-hybridized carbons (Fsp3) is 0.676. The number of benzene rings is 1. The number of allylic oxidation sites excluding steroid dienone is 3. The second kappa shape index (κ2) is 10.2. The second-order valence-corrected chi connectivity index (χ2v) is 13.9. The van der Waals surface area contributed by atoms with Gasteiger partial charge in [0.25, 0.3) is 0 Å². The third-order valence-corrected chi connectivity index (χ3v) is 11.3. The minimum atomic E-state index is -0.729. The minimum absolute atomic E-state index is 0.0428. The Morgan fingerprint density at radius 1 is 0.976 bits per heavy atom. The van der Waals surface area contributed by atoms with E-state index >= 15 is 0 Å². The van der Waals surface area contributed by atoms with Gasteiger partial charge in [0, 0.05) is 47.0 Å². The Morgan fingerprint density at radius 3 is 2.45 bits per heavy atom. The monoisotopic (exact) mass is 580 g/mol. The zero-order valence-electron chi connectivity index (χ0n) is 25.5. The minimum Gasteiger partial charge on any atom is -0.497 e. The van der Waals surface area contributed by atoms with E-state index in [4.69, 9.17) is 33.2 Å². The van der Waals surface area contributed by atoms with Crippen molar-refractivity contribution in [1.29, 1.82) is 0 Å². The van der Waals surface area contributed by atoms with Gasteiger partial charge in [-0.05, 0) is 38.5 Å². The highest BCUT2D eigenvalue weighted by molar-refractivity contribution is 6.01. The molecule has 1 aromatic rings. The summed E-state index contributed by atoms with van der Waals surface area (Å²) in [6.07, 6.45) is 5.79. The summed E-state index contributed by atoms with van der Waals surface area (Å²) in [5.74, 6) is 0.545. The number of carbonyl (C=O) groups is 1. The standard InChI is InChI=1S/C34H44O8/c1-21-23(15-37-14-22-6-8-24(36-5)9-7-22)12-25(35)30(21)32(4)11-10-26-33(17-39-20-40-18-33)28-13-29(42-31(2,3)41-28)34(26)19-38-16-27(32)34/h6-11,23,26-29H,12-20H2,1-5H3/t23?,26-,27-,28+,29-,32+,34-/m0/s1. The van der Waals surface area contributed by atoms with Crippen LogP contribution in [0.15, 0.2) is 47.6 Å². The van der Waals surface area contributed by atoms with E-state index in [1.54, 1.807) is 7.11 Å². The molecule has 8 nitrogen and oxygen atoms in total. The van der Waals surface area contributed by atoms with Gasteiger partial charge in [-0.15, -0.1) is 0 Å². The van der Waals surface area contributed by atoms with Gasteiger partial charge in [-0.2, -0.15) is 0 Å². The van der Waals surface area contributed by atoms with Crippen LogP contribution in [0.1, 0.15) is 46.1 Å². The summed E-state index contributed by atoms with van der Waals surface area (Å²) < 4.78 is 43.1. The van der Waals surface area contributed by atoms with E-state index < -0.39 is 11.2 Å². The van der Waals surface area contributed by atoms with Crippen LogP contribution in [-0.4, -0.2) is 70.7 Å². The fourth-order valence-corrected chi connectivity index (χ4v) is 9.41. The Kier molecular flexibility index (Phi) is 7.00. The Morgan fingerprint density at radius 2 is 1.71 bits per heavy atom. The first kappa shape index (κ1) is 28.7. The average molecular weight is 581 g/mol. The summed E-state index contributed by atoms with van der Waals surface area (Å²) in [7, 11) is 1.66. The van der Waals surface area contributed by atoms with Gasteiger partial charge < -0.3 is 33.2 Å². The van der Waals surface area contributed by atoms with Crippen LogP contribution in [0, 0.1) is 34.0 Å². The maximum absolute atomic E-state index is 13.9. The Labute approximate surface area is 248 Å². The third-order valence-electron chi connectivity index (χ3n) is 11.3. The van der Waals surface area contributed by atoms with Crippen LogP contribution in [-0.2, 0) is 39.8 Å². The zero-order valence-corrected chi connectivity index (χ0v) is 25.5. The molecule has 8 heteroatoms. The molecule has 0 N–H and O–H groups in total. The molecule has 0 amide bonds. The van der Waals surface area contributed by atoms with Crippen molar-refractivity contribution in [1.82, 2.24) is 0 Å². The van der Waals surface area contributed by atoms with Gasteiger partial charge >= 0.3 is 0 Å². The predicted octanol–water partition coefficient (Wildman–Crippen LogP) is 4.86. The molecule has 2 spiro atoms. The molecule has 1 aromatic carbocycles. The lowest BCUT2D eigenvalue weighted by molar-refractivity contribution is -0.392. The summed E-state index contributed by atoms with van der Waals surface area (Å²) in [5, 5.41) is 0. The molecule has 1 unspecified atom stereocenters. The molecule has 4 fully saturated rings. The predicted molar refractivity (Wildman–Crippen MR) is 154 cm³/mol. The zero-order chi connectivity index (χ0) is 29.3. The highest BCUT2D eigenvalue weighted by atomic mass is 16.7. The normalized spacial score (nSPS) is 39.8. The van der Waals surface area contributed by atoms with Crippen LogP contribution in [0.5, 0.6) is 5.75 Å². The van der Waals surface area contributed by atoms with Crippen molar-refractivity contribution >= 4 is 5.78 Å². The van der Waals surface area contributed by atoms with E-state index in [1.165, 1.54) is 0 Å². The molecule has 228 valence electrons. The largest absolute Gasteiger partial charge is 0.497 e. The smallest absolute Gasteiger partial charge is 0.163 e. The molecule has 0 radical (unpaired) electrons. The van der Waals surface area contributed by atoms with E-state index in [2.05, 4.69) is 26.0 Å². The molecule has 42 heavy (non-hydrogen) atoms. The van der Waals surface area contributed by atoms with E-state index in [0.717, 1.165) is 28.9 Å². The number of rotatable bonds is 6. The molecule has 1 saturated carbocycles. The number of fused-ring (bicyclic) bond motifs is 4. The molecular weight excluding hydrogens is 536 g/mol. The van der Waals surface area contributed by atoms with Crippen LogP contribution >= 0.6 is 0 Å². The molecule has 7 rings (SSSR count). The number of hydrogen-bond acceptors (Lipinski definition) is 8. The van der Waals surface area contributed by atoms with E-state index in [-0.39, 0.29) is 46.6 Å². The van der Waals surface area contributed by atoms with Crippen LogP contribution in [0.2, 0.25) is 0 Å². The highest BCUT2D eigenvalue weighted by Crippen LogP contribution is 2.69. The van der Waals surface area contributed by atoms with Gasteiger partial charge in [-0.3, -0.25) is 4.79 Å². The SMILES string of the molecule is COc1ccc(COCC2CC(=O)C([C@]3(C)C=C[C@H]4C5(COCOC5)[C@H]5C[C@H](OC(C)(C)O5)[C@@]45COC[C@H]53)=C2C)cc1. The van der Waals surface area contributed by atoms with Crippen molar-refractivity contribution in [3.63, 3.8) is 0 Å². The number of methoxy groups -OCH3 is 1. The number of carbonyl (C=O) groups excluding carboxylic acids is 1. The first-order valence-corrected chi connectivity index (χ1v) is 15.4. The first-order chi connectivity index (χ1) is 20.1. The molecule has 3 aliphatic carbocycles. The van der Waals surface area contributed by atoms with Gasteiger partial charge in [-0.25, -0.2) is 0 Å². The molecule has 2 bridgehead atoms. The molecule has 6 aliphatic rings. The average Bonchev–Trinajstić information content (AvgIpc) is 3.55. The van der Waals surface area contributed by atoms with Crippen molar-refractivity contribution < 1.29 is 38.0 Å². The Balaban J connectivity index is 1.21. The maximum atomic E-state index is 13.9. The van der Waals surface area contributed by atoms with Gasteiger partial charge in [-0.1, -0.05) is 36.8 Å². The molecule has 3 saturated heterocycles. The van der Waals surface area contributed by atoms with Crippen molar-refractivity contribution in [2.45, 2.75) is 65.1 Å². The van der Waals surface area contributed by atoms with Crippen LogP contribution in [0.3, 0.4) is 0 Å². The molecule has 7 atom stereocenters. The molecular formula is C34H44O8. The first-order valence-electron chi connectivity index (χ1n) is 15.4. The topological polar surface area (TPSA) is 81.7 Å². The van der Waals surface area contributed by atoms with Crippen LogP contribution in [0.4, 0.5) is 0 Å². The molecule has 0 aromatic heterocycles. The molecule has 3 heterocycles. The van der Waals surface area contributed by atoms with Gasteiger partial charge in [0.2, 0.25) is 0 Å². The van der Waals surface area contributed by atoms with Crippen molar-refractivity contribution in [2.75, 3.05) is 46.9 Å². The van der Waals surface area contributed by atoms with Gasteiger partial charge in [0.05, 0.1) is 64.4 Å². The number of hydrogen-bond donors (Lipinski definition) is 0. The van der Waals surface area contributed by atoms with E-state index in [0.29, 0.717) is 52.9 Å². The lowest BCUT2D eigenvalue weighted by Gasteiger charge is -2.67. The fourth-order valence-electron chi connectivity index (χ4n) is 9.41. The number of ketones is 1. The Bertz CT molecular complexity index is 1280. The summed E-state index contributed by atoms with van der Waals surface area (Å²) >= 11 is 0. The van der Waals surface area contributed by atoms with Gasteiger partial charge in [0.15, 0.2) is 11.6 Å². The van der Waals surface area contributed by atoms with E-state index in [9.17, 15) is 4.79 Å². The highest BCUT2D eigenvalue weighted by Gasteiger charge is 2.73. The van der Waals surface area contributed by atoms with Crippen LogP contribution in [0.25, 0.3) is 0 Å². The maximum Gasteiger partial charge on any atom is 0.163 e. The third kappa shape index (κ3) is 4.20. The summed E-state index contributed by atoms with van der Waals surface area (Å²) in [4.78, 5) is 13.9. The van der Waals surface area contributed by atoms with E-state index in [1.807, 2.05) is 38.1 Å². The lowest BCUT2D eigenvalue weighted by atomic mass is 9.42. The molecule has 3 aliphatic heterocycles. The lowest BCUT2D eigenvalue weighted by Crippen LogP contribution is -2.73. The van der Waals surface area contributed by atoms with Crippen molar-refractivity contribution in [3.05, 3.63) is 53.1 Å². The Hall–Kier alpha value is -2.07. The van der Waals surface area contributed by atoms with Gasteiger partial charge in [0.1, 0.15) is 12.5 Å². The quantitative estimate of drug-likeness (QED) is 0.442. The number of ether oxygens (including phenoxy) is 7. The summed E-state index contributed by atoms with van der Waals surface area (Å²) in [6, 6.07) is 7.91. The second-order valence-electron chi connectivity index (χ2n) is 13.9. The van der Waals surface area contributed by atoms with Crippen molar-refractivity contribution in [3.8, 4) is 5.75 Å². The van der Waals surface area contributed by atoms with Crippen LogP contribution < -0.4 is 4.74 Å². The summed E-state index contributed by atoms with van der Waals surface area (Å²) in [6.45, 7) is 12.0.